The van der Waals surface area contributed by atoms with Crippen LogP contribution in [0.15, 0.2) is 0 Å². The van der Waals surface area contributed by atoms with E-state index >= 15 is 0 Å². The van der Waals surface area contributed by atoms with Crippen LogP contribution in [-0.2, 0) is 0 Å². The Bertz CT molecular complexity index is 129. The van der Waals surface area contributed by atoms with E-state index in [0.29, 0.717) is 0 Å². The fraction of sp³-hybridized carbons (Fsp3) is 1.00. The van der Waals surface area contributed by atoms with Crippen molar-refractivity contribution in [2.75, 3.05) is 58.9 Å². The van der Waals surface area contributed by atoms with Gasteiger partial charge in [0, 0.05) is 76.5 Å². The van der Waals surface area contributed by atoms with Gasteiger partial charge in [0.15, 0.2) is 0 Å². The Morgan fingerprint density at radius 1 is 0.588 bits per heavy atom. The zero-order valence-electron chi connectivity index (χ0n) is 11.5. The molecule has 3 nitrogen and oxygen atoms in total. The topological polar surface area (TPSA) is 9.72 Å². The van der Waals surface area contributed by atoms with E-state index in [-0.39, 0.29) is 0 Å². The molecule has 1 heterocycles. The summed E-state index contributed by atoms with van der Waals surface area (Å²) in [6.07, 6.45) is 0. The molecule has 0 aliphatic carbocycles. The van der Waals surface area contributed by atoms with E-state index < -0.39 is 0 Å². The van der Waals surface area contributed by atoms with Crippen LogP contribution < -0.4 is 0 Å². The first-order valence-corrected chi connectivity index (χ1v) is 12.9. The molecule has 0 bridgehead atoms. The first kappa shape index (κ1) is 18.3. The van der Waals surface area contributed by atoms with Crippen LogP contribution in [0.1, 0.15) is 20.8 Å². The molecule has 1 aliphatic heterocycles. The molecule has 0 N–H and O–H groups in total. The standard InChI is InChI=1S/C12H27N3.I2/c1-4-13-7-9-14(5-2)11-12-15(6-3)10-8-13;1-2/h4-12H2,1-3H3;. The Labute approximate surface area is 131 Å². The summed E-state index contributed by atoms with van der Waals surface area (Å²) in [6, 6.07) is 0. The third-order valence-corrected chi connectivity index (χ3v) is 3.54. The van der Waals surface area contributed by atoms with Crippen molar-refractivity contribution in [1.29, 1.82) is 0 Å². The number of hydrogen-bond donors (Lipinski definition) is 0. The Kier molecular flexibility index (Phi) is 13.4. The van der Waals surface area contributed by atoms with E-state index in [2.05, 4.69) is 72.7 Å². The van der Waals surface area contributed by atoms with Crippen LogP contribution in [-0.4, -0.2) is 73.6 Å². The summed E-state index contributed by atoms with van der Waals surface area (Å²) in [5.74, 6) is 0. The maximum absolute atomic E-state index is 2.57. The van der Waals surface area contributed by atoms with Crippen LogP contribution in [0.2, 0.25) is 0 Å². The van der Waals surface area contributed by atoms with E-state index in [1.165, 1.54) is 58.9 Å². The van der Waals surface area contributed by atoms with Gasteiger partial charge in [0.05, 0.1) is 0 Å². The van der Waals surface area contributed by atoms with Crippen LogP contribution in [0.25, 0.3) is 0 Å². The zero-order valence-corrected chi connectivity index (χ0v) is 15.8. The molecule has 0 spiro atoms. The maximum Gasteiger partial charge on any atom is 0.0110 e. The molecular formula is C12H27I2N3. The molecule has 5 heteroatoms. The molecule has 0 radical (unpaired) electrons. The highest BCUT2D eigenvalue weighted by molar-refractivity contribution is 15.0. The van der Waals surface area contributed by atoms with Crippen molar-refractivity contribution in [1.82, 2.24) is 14.7 Å². The van der Waals surface area contributed by atoms with Gasteiger partial charge in [-0.1, -0.05) is 20.8 Å². The minimum atomic E-state index is 1.19. The van der Waals surface area contributed by atoms with Crippen molar-refractivity contribution in [3.8, 4) is 0 Å². The molecule has 0 aromatic carbocycles. The average Bonchev–Trinajstić information content (AvgIpc) is 2.50. The molecule has 0 amide bonds. The highest BCUT2D eigenvalue weighted by Crippen LogP contribution is 1.99. The fourth-order valence-electron chi connectivity index (χ4n) is 2.13. The third kappa shape index (κ3) is 8.18. The smallest absolute Gasteiger partial charge is 0.0110 e. The normalized spacial score (nSPS) is 21.0. The molecule has 0 unspecified atom stereocenters. The summed E-state index contributed by atoms with van der Waals surface area (Å²) in [7, 11) is 0. The van der Waals surface area contributed by atoms with Gasteiger partial charge in [-0.2, -0.15) is 0 Å². The third-order valence-electron chi connectivity index (χ3n) is 3.54. The number of hydrogen-bond acceptors (Lipinski definition) is 3. The lowest BCUT2D eigenvalue weighted by atomic mass is 10.4. The molecule has 0 atom stereocenters. The van der Waals surface area contributed by atoms with E-state index in [1.54, 1.807) is 0 Å². The number of halogens is 2. The second-order valence-electron chi connectivity index (χ2n) is 4.30. The van der Waals surface area contributed by atoms with E-state index in [1.807, 2.05) is 0 Å². The number of rotatable bonds is 3. The van der Waals surface area contributed by atoms with Crippen LogP contribution in [0.3, 0.4) is 0 Å². The molecule has 17 heavy (non-hydrogen) atoms. The summed E-state index contributed by atoms with van der Waals surface area (Å²) in [5.41, 5.74) is 0. The molecule has 1 rings (SSSR count). The molecule has 1 aliphatic rings. The predicted octanol–water partition coefficient (Wildman–Crippen LogP) is 2.74. The number of likely N-dealkylation sites (N-methyl/N-ethyl adjacent to an activating group) is 3. The molecule has 0 saturated carbocycles. The maximum atomic E-state index is 2.57. The minimum Gasteiger partial charge on any atom is -0.301 e. The van der Waals surface area contributed by atoms with E-state index in [4.69, 9.17) is 0 Å². The molecule has 1 saturated heterocycles. The molecule has 104 valence electrons. The summed E-state index contributed by atoms with van der Waals surface area (Å²) >= 11 is 4.24. The fourth-order valence-corrected chi connectivity index (χ4v) is 2.13. The van der Waals surface area contributed by atoms with Crippen LogP contribution in [0, 0.1) is 0 Å². The van der Waals surface area contributed by atoms with Crippen molar-refractivity contribution >= 4 is 37.2 Å². The van der Waals surface area contributed by atoms with Gasteiger partial charge in [0.2, 0.25) is 0 Å². The largest absolute Gasteiger partial charge is 0.301 e. The van der Waals surface area contributed by atoms with Crippen molar-refractivity contribution < 1.29 is 0 Å². The summed E-state index contributed by atoms with van der Waals surface area (Å²) in [5, 5.41) is 0. The average molecular weight is 467 g/mol. The highest BCUT2D eigenvalue weighted by atomic mass is 128. The molecule has 1 fully saturated rings. The summed E-state index contributed by atoms with van der Waals surface area (Å²) in [6.45, 7) is 17.8. The van der Waals surface area contributed by atoms with Gasteiger partial charge in [-0.25, -0.2) is 0 Å². The van der Waals surface area contributed by atoms with Crippen LogP contribution in [0.4, 0.5) is 0 Å². The van der Waals surface area contributed by atoms with Crippen molar-refractivity contribution in [3.05, 3.63) is 0 Å². The highest BCUT2D eigenvalue weighted by Gasteiger charge is 2.12. The monoisotopic (exact) mass is 467 g/mol. The summed E-state index contributed by atoms with van der Waals surface area (Å²) in [4.78, 5) is 7.70. The molecular weight excluding hydrogens is 440 g/mol. The lowest BCUT2D eigenvalue weighted by Crippen LogP contribution is -2.35. The molecule has 0 aromatic heterocycles. The van der Waals surface area contributed by atoms with Gasteiger partial charge >= 0.3 is 0 Å². The Balaban J connectivity index is 0.00000121. The predicted molar refractivity (Wildman–Crippen MR) is 94.4 cm³/mol. The van der Waals surface area contributed by atoms with Gasteiger partial charge in [-0.05, 0) is 19.6 Å². The first-order chi connectivity index (χ1) is 8.30. The quantitative estimate of drug-likeness (QED) is 0.592. The van der Waals surface area contributed by atoms with Gasteiger partial charge in [-0.3, -0.25) is 0 Å². The summed E-state index contributed by atoms with van der Waals surface area (Å²) < 4.78 is 0. The van der Waals surface area contributed by atoms with E-state index in [0.717, 1.165) is 0 Å². The second-order valence-corrected chi connectivity index (χ2v) is 4.30. The van der Waals surface area contributed by atoms with Gasteiger partial charge < -0.3 is 14.7 Å². The van der Waals surface area contributed by atoms with Gasteiger partial charge in [0.25, 0.3) is 0 Å². The second kappa shape index (κ2) is 12.4. The van der Waals surface area contributed by atoms with Gasteiger partial charge in [-0.15, -0.1) is 0 Å². The van der Waals surface area contributed by atoms with E-state index in [9.17, 15) is 0 Å². The lowest BCUT2D eigenvalue weighted by Gasteiger charge is -2.23. The number of nitrogens with zero attached hydrogens (tertiary/aromatic N) is 3. The van der Waals surface area contributed by atoms with Crippen molar-refractivity contribution in [2.24, 2.45) is 0 Å². The van der Waals surface area contributed by atoms with Crippen LogP contribution >= 0.6 is 37.2 Å². The zero-order chi connectivity index (χ0) is 13.1. The SMILES string of the molecule is CCN1CCN(CC)CCN(CC)CC1.II. The Hall–Kier alpha value is 1.34. The van der Waals surface area contributed by atoms with Crippen molar-refractivity contribution in [2.45, 2.75) is 20.8 Å². The first-order valence-electron chi connectivity index (χ1n) is 6.61. The Morgan fingerprint density at radius 2 is 0.765 bits per heavy atom. The van der Waals surface area contributed by atoms with Gasteiger partial charge in [0.1, 0.15) is 0 Å². The molecule has 0 aromatic rings. The Morgan fingerprint density at radius 3 is 0.882 bits per heavy atom. The lowest BCUT2D eigenvalue weighted by molar-refractivity contribution is 0.232. The van der Waals surface area contributed by atoms with Crippen LogP contribution in [0.5, 0.6) is 0 Å². The van der Waals surface area contributed by atoms with Crippen molar-refractivity contribution in [3.63, 3.8) is 0 Å². The minimum absolute atomic E-state index is 1.19.